The summed E-state index contributed by atoms with van der Waals surface area (Å²) in [5.41, 5.74) is 4.13. The molecule has 0 N–H and O–H groups in total. The molecule has 0 radical (unpaired) electrons. The van der Waals surface area contributed by atoms with Gasteiger partial charge in [-0.05, 0) is 56.7 Å². The van der Waals surface area contributed by atoms with Gasteiger partial charge in [0, 0.05) is 17.6 Å². The Morgan fingerprint density at radius 2 is 2.08 bits per heavy atom. The van der Waals surface area contributed by atoms with Gasteiger partial charge in [0.25, 0.3) is 0 Å². The number of rotatable bonds is 4. The SMILES string of the molecule is Cc1noc(/C=C/c2cc(C)n(-c3cccnc3)c2C)c1[N+](=O)[O-]. The molecule has 0 amide bonds. The summed E-state index contributed by atoms with van der Waals surface area (Å²) in [7, 11) is 0. The van der Waals surface area contributed by atoms with Crippen molar-refractivity contribution >= 4 is 17.8 Å². The Bertz CT molecular complexity index is 923. The molecule has 0 atom stereocenters. The third-order valence-electron chi connectivity index (χ3n) is 3.83. The van der Waals surface area contributed by atoms with Crippen LogP contribution in [0.4, 0.5) is 5.69 Å². The topological polar surface area (TPSA) is 87.0 Å². The fourth-order valence-corrected chi connectivity index (χ4v) is 2.72. The van der Waals surface area contributed by atoms with Gasteiger partial charge in [-0.1, -0.05) is 5.16 Å². The van der Waals surface area contributed by atoms with E-state index in [0.717, 1.165) is 22.6 Å². The van der Waals surface area contributed by atoms with Crippen LogP contribution < -0.4 is 0 Å². The number of aromatic nitrogens is 3. The zero-order chi connectivity index (χ0) is 17.3. The first kappa shape index (κ1) is 15.7. The number of aryl methyl sites for hydroxylation is 2. The zero-order valence-electron chi connectivity index (χ0n) is 13.6. The highest BCUT2D eigenvalue weighted by Gasteiger charge is 2.22. The Morgan fingerprint density at radius 3 is 2.75 bits per heavy atom. The molecule has 0 aromatic carbocycles. The number of pyridine rings is 1. The van der Waals surface area contributed by atoms with Crippen LogP contribution in [0.15, 0.2) is 35.1 Å². The Kier molecular flexibility index (Phi) is 3.99. The molecule has 24 heavy (non-hydrogen) atoms. The minimum absolute atomic E-state index is 0.104. The summed E-state index contributed by atoms with van der Waals surface area (Å²) in [5, 5.41) is 14.7. The van der Waals surface area contributed by atoms with Crippen molar-refractivity contribution in [1.82, 2.24) is 14.7 Å². The van der Waals surface area contributed by atoms with Gasteiger partial charge in [0.1, 0.15) is 0 Å². The van der Waals surface area contributed by atoms with E-state index in [1.165, 1.54) is 0 Å². The monoisotopic (exact) mass is 324 g/mol. The molecule has 0 fully saturated rings. The quantitative estimate of drug-likeness (QED) is 0.537. The number of nitrogens with zero attached hydrogens (tertiary/aromatic N) is 4. The lowest BCUT2D eigenvalue weighted by Crippen LogP contribution is -1.99. The molecule has 3 aromatic rings. The summed E-state index contributed by atoms with van der Waals surface area (Å²) in [6, 6.07) is 5.86. The third kappa shape index (κ3) is 2.71. The van der Waals surface area contributed by atoms with E-state index in [-0.39, 0.29) is 17.1 Å². The molecule has 0 unspecified atom stereocenters. The third-order valence-corrected chi connectivity index (χ3v) is 3.83. The minimum Gasteiger partial charge on any atom is -0.349 e. The second kappa shape index (κ2) is 6.11. The van der Waals surface area contributed by atoms with E-state index in [1.807, 2.05) is 32.0 Å². The first-order chi connectivity index (χ1) is 11.5. The van der Waals surface area contributed by atoms with E-state index in [1.54, 1.807) is 31.5 Å². The van der Waals surface area contributed by atoms with Gasteiger partial charge >= 0.3 is 5.69 Å². The van der Waals surface area contributed by atoms with Gasteiger partial charge in [0.05, 0.1) is 16.8 Å². The Morgan fingerprint density at radius 1 is 1.29 bits per heavy atom. The van der Waals surface area contributed by atoms with E-state index in [2.05, 4.69) is 14.7 Å². The van der Waals surface area contributed by atoms with Crippen molar-refractivity contribution < 1.29 is 9.45 Å². The van der Waals surface area contributed by atoms with Crippen LogP contribution in [0.1, 0.15) is 28.4 Å². The molecular formula is C17H16N4O3. The van der Waals surface area contributed by atoms with Gasteiger partial charge in [-0.15, -0.1) is 0 Å². The molecule has 3 heterocycles. The van der Waals surface area contributed by atoms with Crippen molar-refractivity contribution in [2.75, 3.05) is 0 Å². The highest BCUT2D eigenvalue weighted by Crippen LogP contribution is 2.26. The van der Waals surface area contributed by atoms with Crippen molar-refractivity contribution in [2.45, 2.75) is 20.8 Å². The number of hydrogen-bond acceptors (Lipinski definition) is 5. The predicted molar refractivity (Wildman–Crippen MR) is 89.9 cm³/mol. The van der Waals surface area contributed by atoms with Crippen LogP contribution in [0.5, 0.6) is 0 Å². The van der Waals surface area contributed by atoms with Crippen LogP contribution >= 0.6 is 0 Å². The van der Waals surface area contributed by atoms with Gasteiger partial charge in [-0.25, -0.2) is 0 Å². The molecule has 0 saturated heterocycles. The summed E-state index contributed by atoms with van der Waals surface area (Å²) in [6.07, 6.45) is 6.89. The zero-order valence-corrected chi connectivity index (χ0v) is 13.6. The second-order valence-electron chi connectivity index (χ2n) is 5.44. The molecular weight excluding hydrogens is 308 g/mol. The summed E-state index contributed by atoms with van der Waals surface area (Å²) in [4.78, 5) is 14.7. The molecule has 7 heteroatoms. The lowest BCUT2D eigenvalue weighted by molar-refractivity contribution is -0.386. The van der Waals surface area contributed by atoms with Gasteiger partial charge in [0.2, 0.25) is 5.76 Å². The van der Waals surface area contributed by atoms with E-state index < -0.39 is 4.92 Å². The fraction of sp³-hybridized carbons (Fsp3) is 0.176. The molecule has 0 saturated carbocycles. The first-order valence-corrected chi connectivity index (χ1v) is 7.37. The summed E-state index contributed by atoms with van der Waals surface area (Å²) >= 11 is 0. The summed E-state index contributed by atoms with van der Waals surface area (Å²) in [5.74, 6) is 0.142. The van der Waals surface area contributed by atoms with E-state index in [9.17, 15) is 10.1 Å². The highest BCUT2D eigenvalue weighted by molar-refractivity contribution is 5.73. The van der Waals surface area contributed by atoms with Gasteiger partial charge in [-0.2, -0.15) is 0 Å². The molecule has 3 aromatic heterocycles. The van der Waals surface area contributed by atoms with Crippen LogP contribution in [0, 0.1) is 30.9 Å². The predicted octanol–water partition coefficient (Wildman–Crippen LogP) is 3.86. The van der Waals surface area contributed by atoms with Crippen molar-refractivity contribution in [3.8, 4) is 5.69 Å². The molecule has 122 valence electrons. The van der Waals surface area contributed by atoms with Gasteiger partial charge in [-0.3, -0.25) is 15.1 Å². The Balaban J connectivity index is 1.99. The second-order valence-corrected chi connectivity index (χ2v) is 5.44. The standard InChI is InChI=1S/C17H16N4O3/c1-11-9-14(13(3)20(11)15-5-4-8-18-10-15)6-7-16-17(21(22)23)12(2)19-24-16/h4-10H,1-3H3/b7-6+. The van der Waals surface area contributed by atoms with Crippen molar-refractivity contribution in [3.63, 3.8) is 0 Å². The van der Waals surface area contributed by atoms with E-state index in [0.29, 0.717) is 0 Å². The number of hydrogen-bond donors (Lipinski definition) is 0. The van der Waals surface area contributed by atoms with Crippen molar-refractivity contribution in [2.24, 2.45) is 0 Å². The average molecular weight is 324 g/mol. The molecule has 7 nitrogen and oxygen atoms in total. The maximum absolute atomic E-state index is 11.1. The molecule has 0 aliphatic rings. The molecule has 0 bridgehead atoms. The Labute approximate surface area is 138 Å². The van der Waals surface area contributed by atoms with Crippen molar-refractivity contribution in [1.29, 1.82) is 0 Å². The van der Waals surface area contributed by atoms with Crippen LogP contribution in [-0.2, 0) is 0 Å². The first-order valence-electron chi connectivity index (χ1n) is 7.37. The highest BCUT2D eigenvalue weighted by atomic mass is 16.6. The maximum atomic E-state index is 11.1. The van der Waals surface area contributed by atoms with Crippen LogP contribution in [0.3, 0.4) is 0 Å². The van der Waals surface area contributed by atoms with E-state index >= 15 is 0 Å². The maximum Gasteiger partial charge on any atom is 0.338 e. The number of nitro groups is 1. The Hall–Kier alpha value is -3.22. The smallest absolute Gasteiger partial charge is 0.338 e. The molecule has 0 aliphatic carbocycles. The van der Waals surface area contributed by atoms with E-state index in [4.69, 9.17) is 4.52 Å². The normalized spacial score (nSPS) is 11.3. The summed E-state index contributed by atoms with van der Waals surface area (Å²) < 4.78 is 7.12. The van der Waals surface area contributed by atoms with Crippen LogP contribution in [-0.4, -0.2) is 19.6 Å². The van der Waals surface area contributed by atoms with Gasteiger partial charge in [0.15, 0.2) is 5.69 Å². The van der Waals surface area contributed by atoms with Crippen molar-refractivity contribution in [3.05, 3.63) is 69.1 Å². The minimum atomic E-state index is -0.482. The van der Waals surface area contributed by atoms with Gasteiger partial charge < -0.3 is 9.09 Å². The summed E-state index contributed by atoms with van der Waals surface area (Å²) in [6.45, 7) is 5.53. The molecule has 3 rings (SSSR count). The average Bonchev–Trinajstić information content (AvgIpc) is 3.06. The van der Waals surface area contributed by atoms with Crippen LogP contribution in [0.25, 0.3) is 17.8 Å². The molecule has 0 spiro atoms. The largest absolute Gasteiger partial charge is 0.349 e. The fourth-order valence-electron chi connectivity index (χ4n) is 2.72. The van der Waals surface area contributed by atoms with Crippen LogP contribution in [0.2, 0.25) is 0 Å². The lowest BCUT2D eigenvalue weighted by Gasteiger charge is -2.08. The lowest BCUT2D eigenvalue weighted by atomic mass is 10.2. The molecule has 0 aliphatic heterocycles.